The summed E-state index contributed by atoms with van der Waals surface area (Å²) in [6.07, 6.45) is 2.85. The monoisotopic (exact) mass is 168 g/mol. The highest BCUT2D eigenvalue weighted by atomic mass is 32.1. The Morgan fingerprint density at radius 3 is 2.82 bits per heavy atom. The molecule has 2 heteroatoms. The van der Waals surface area contributed by atoms with E-state index in [-0.39, 0.29) is 5.60 Å². The van der Waals surface area contributed by atoms with Crippen molar-refractivity contribution in [2.45, 2.75) is 31.8 Å². The molecule has 1 saturated carbocycles. The fraction of sp³-hybridized carbons (Fsp3) is 0.556. The van der Waals surface area contributed by atoms with Gasteiger partial charge in [-0.15, -0.1) is 11.3 Å². The lowest BCUT2D eigenvalue weighted by molar-refractivity contribution is 0.151. The second-order valence-corrected chi connectivity index (χ2v) is 4.43. The zero-order valence-electron chi connectivity index (χ0n) is 6.63. The molecule has 0 atom stereocenters. The summed E-state index contributed by atoms with van der Waals surface area (Å²) in [7, 11) is 0. The van der Waals surface area contributed by atoms with E-state index in [1.807, 2.05) is 0 Å². The van der Waals surface area contributed by atoms with Gasteiger partial charge in [0.05, 0.1) is 5.60 Å². The quantitative estimate of drug-likeness (QED) is 0.717. The first-order chi connectivity index (χ1) is 5.20. The minimum atomic E-state index is -0.324. The topological polar surface area (TPSA) is 20.2 Å². The summed E-state index contributed by atoms with van der Waals surface area (Å²) in [4.78, 5) is 1.35. The van der Waals surface area contributed by atoms with Gasteiger partial charge in [-0.3, -0.25) is 0 Å². The Hall–Kier alpha value is -0.340. The van der Waals surface area contributed by atoms with Crippen molar-refractivity contribution in [2.24, 2.45) is 0 Å². The van der Waals surface area contributed by atoms with Crippen molar-refractivity contribution in [1.82, 2.24) is 0 Å². The molecule has 0 aromatic carbocycles. The normalized spacial score (nSPS) is 20.2. The van der Waals surface area contributed by atoms with E-state index in [9.17, 15) is 5.11 Å². The van der Waals surface area contributed by atoms with Gasteiger partial charge in [-0.05, 0) is 36.8 Å². The molecule has 11 heavy (non-hydrogen) atoms. The molecule has 0 saturated heterocycles. The molecule has 1 nitrogen and oxygen atoms in total. The lowest BCUT2D eigenvalue weighted by Crippen LogP contribution is -2.09. The van der Waals surface area contributed by atoms with Crippen LogP contribution in [-0.4, -0.2) is 10.7 Å². The Bertz CT molecular complexity index is 260. The van der Waals surface area contributed by atoms with E-state index in [4.69, 9.17) is 0 Å². The van der Waals surface area contributed by atoms with Crippen LogP contribution in [0.5, 0.6) is 0 Å². The molecule has 1 N–H and O–H groups in total. The van der Waals surface area contributed by atoms with Crippen molar-refractivity contribution in [1.29, 1.82) is 0 Å². The van der Waals surface area contributed by atoms with E-state index >= 15 is 0 Å². The van der Waals surface area contributed by atoms with Crippen LogP contribution >= 0.6 is 11.3 Å². The molecular weight excluding hydrogens is 156 g/mol. The van der Waals surface area contributed by atoms with Gasteiger partial charge in [0.25, 0.3) is 0 Å². The molecule has 0 bridgehead atoms. The molecule has 0 radical (unpaired) electrons. The molecule has 60 valence electrons. The number of thiophene rings is 1. The maximum atomic E-state index is 9.63. The Balaban J connectivity index is 2.12. The van der Waals surface area contributed by atoms with Crippen LogP contribution in [0.15, 0.2) is 11.4 Å². The molecule has 1 aliphatic carbocycles. The largest absolute Gasteiger partial charge is 0.390 e. The molecule has 1 aromatic rings. The third-order valence-electron chi connectivity index (χ3n) is 2.28. The van der Waals surface area contributed by atoms with Gasteiger partial charge in [0, 0.05) is 11.3 Å². The summed E-state index contributed by atoms with van der Waals surface area (Å²) < 4.78 is 0. The first kappa shape index (κ1) is 7.32. The maximum Gasteiger partial charge on any atom is 0.0698 e. The zero-order valence-corrected chi connectivity index (χ0v) is 7.45. The maximum absolute atomic E-state index is 9.63. The smallest absolute Gasteiger partial charge is 0.0698 e. The second kappa shape index (κ2) is 2.32. The average molecular weight is 168 g/mol. The fourth-order valence-electron chi connectivity index (χ4n) is 1.21. The first-order valence-corrected chi connectivity index (χ1v) is 4.83. The van der Waals surface area contributed by atoms with Gasteiger partial charge >= 0.3 is 0 Å². The van der Waals surface area contributed by atoms with Gasteiger partial charge in [-0.25, -0.2) is 0 Å². The number of hydrogen-bond donors (Lipinski definition) is 1. The van der Waals surface area contributed by atoms with Crippen LogP contribution in [0.3, 0.4) is 0 Å². The van der Waals surface area contributed by atoms with Crippen LogP contribution in [0.4, 0.5) is 0 Å². The molecule has 0 amide bonds. The van der Waals surface area contributed by atoms with E-state index in [1.165, 1.54) is 10.4 Å². The Kier molecular flexibility index (Phi) is 1.55. The Morgan fingerprint density at radius 1 is 1.64 bits per heavy atom. The first-order valence-electron chi connectivity index (χ1n) is 3.95. The van der Waals surface area contributed by atoms with Crippen LogP contribution in [0.2, 0.25) is 0 Å². The van der Waals surface area contributed by atoms with Gasteiger partial charge < -0.3 is 5.11 Å². The van der Waals surface area contributed by atoms with Crippen LogP contribution in [0.25, 0.3) is 0 Å². The highest BCUT2D eigenvalue weighted by molar-refractivity contribution is 7.10. The van der Waals surface area contributed by atoms with Crippen molar-refractivity contribution in [2.75, 3.05) is 0 Å². The van der Waals surface area contributed by atoms with E-state index in [0.717, 1.165) is 19.3 Å². The second-order valence-electron chi connectivity index (χ2n) is 3.43. The zero-order chi connectivity index (χ0) is 7.90. The van der Waals surface area contributed by atoms with Crippen LogP contribution < -0.4 is 0 Å². The predicted molar refractivity (Wildman–Crippen MR) is 46.9 cm³/mol. The van der Waals surface area contributed by atoms with Crippen molar-refractivity contribution < 1.29 is 5.11 Å². The number of rotatable bonds is 2. The van der Waals surface area contributed by atoms with Crippen LogP contribution in [0, 0.1) is 6.92 Å². The number of aliphatic hydroxyl groups is 1. The molecule has 0 aliphatic heterocycles. The van der Waals surface area contributed by atoms with Gasteiger partial charge in [0.2, 0.25) is 0 Å². The van der Waals surface area contributed by atoms with E-state index in [0.29, 0.717) is 0 Å². The van der Waals surface area contributed by atoms with Crippen LogP contribution in [-0.2, 0) is 6.42 Å². The summed E-state index contributed by atoms with van der Waals surface area (Å²) in [6.45, 7) is 2.11. The third kappa shape index (κ3) is 1.47. The highest BCUT2D eigenvalue weighted by Gasteiger charge is 2.40. The molecule has 1 fully saturated rings. The predicted octanol–water partition coefficient (Wildman–Crippen LogP) is 2.12. The molecule has 1 aromatic heterocycles. The summed E-state index contributed by atoms with van der Waals surface area (Å²) in [6, 6.07) is 2.12. The Morgan fingerprint density at radius 2 is 2.36 bits per heavy atom. The van der Waals surface area contributed by atoms with Crippen molar-refractivity contribution in [3.63, 3.8) is 0 Å². The minimum absolute atomic E-state index is 0.324. The van der Waals surface area contributed by atoms with Crippen molar-refractivity contribution in [3.05, 3.63) is 21.9 Å². The molecule has 1 aliphatic rings. The van der Waals surface area contributed by atoms with E-state index in [2.05, 4.69) is 18.4 Å². The summed E-state index contributed by atoms with van der Waals surface area (Å²) in [5, 5.41) is 11.7. The summed E-state index contributed by atoms with van der Waals surface area (Å²) >= 11 is 1.76. The molecule has 0 spiro atoms. The van der Waals surface area contributed by atoms with Gasteiger partial charge in [-0.2, -0.15) is 0 Å². The number of hydrogen-bond acceptors (Lipinski definition) is 2. The summed E-state index contributed by atoms with van der Waals surface area (Å²) in [5.41, 5.74) is 1.01. The van der Waals surface area contributed by atoms with E-state index in [1.54, 1.807) is 11.3 Å². The molecular formula is C9H12OS. The third-order valence-corrected chi connectivity index (χ3v) is 3.31. The van der Waals surface area contributed by atoms with Crippen molar-refractivity contribution in [3.8, 4) is 0 Å². The molecule has 1 heterocycles. The SMILES string of the molecule is Cc1ccsc1CC1(O)CC1. The molecule has 0 unspecified atom stereocenters. The average Bonchev–Trinajstić information content (AvgIpc) is 2.54. The van der Waals surface area contributed by atoms with Crippen LogP contribution in [0.1, 0.15) is 23.3 Å². The van der Waals surface area contributed by atoms with Gasteiger partial charge in [0.15, 0.2) is 0 Å². The molecule has 2 rings (SSSR count). The standard InChI is InChI=1S/C9H12OS/c1-7-2-5-11-8(7)6-9(10)3-4-9/h2,5,10H,3-4,6H2,1H3. The Labute approximate surface area is 70.7 Å². The fourth-order valence-corrected chi connectivity index (χ4v) is 2.25. The van der Waals surface area contributed by atoms with Crippen molar-refractivity contribution >= 4 is 11.3 Å². The minimum Gasteiger partial charge on any atom is -0.390 e. The lowest BCUT2D eigenvalue weighted by atomic mass is 10.1. The van der Waals surface area contributed by atoms with Gasteiger partial charge in [-0.1, -0.05) is 0 Å². The number of aryl methyl sites for hydroxylation is 1. The highest BCUT2D eigenvalue weighted by Crippen LogP contribution is 2.39. The van der Waals surface area contributed by atoms with Gasteiger partial charge in [0.1, 0.15) is 0 Å². The van der Waals surface area contributed by atoms with E-state index < -0.39 is 0 Å². The summed E-state index contributed by atoms with van der Waals surface area (Å²) in [5.74, 6) is 0. The lowest BCUT2D eigenvalue weighted by Gasteiger charge is -2.05.